The van der Waals surface area contributed by atoms with Crippen LogP contribution in [0.4, 0.5) is 8.78 Å². The van der Waals surface area contributed by atoms with Crippen molar-refractivity contribution in [3.63, 3.8) is 0 Å². The highest BCUT2D eigenvalue weighted by Gasteiger charge is 2.20. The highest BCUT2D eigenvalue weighted by atomic mass is 32.2. The molecule has 1 N–H and O–H groups in total. The minimum atomic E-state index is -3.81. The molecular weight excluding hydrogens is 446 g/mol. The molecule has 0 fully saturated rings. The number of ether oxygens (including phenoxy) is 3. The Kier molecular flexibility index (Phi) is 8.93. The van der Waals surface area contributed by atoms with Crippen molar-refractivity contribution < 1.29 is 36.2 Å². The van der Waals surface area contributed by atoms with Gasteiger partial charge in [0.05, 0.1) is 18.6 Å². The molecule has 0 atom stereocenters. The highest BCUT2D eigenvalue weighted by Crippen LogP contribution is 2.30. The van der Waals surface area contributed by atoms with Crippen LogP contribution < -0.4 is 14.2 Å². The molecule has 0 aliphatic rings. The van der Waals surface area contributed by atoms with Gasteiger partial charge in [-0.1, -0.05) is 12.1 Å². The number of methoxy groups -OCH3 is 2. The zero-order chi connectivity index (χ0) is 23.9. The molecule has 0 saturated carbocycles. The molecule has 0 radical (unpaired) electrons. The van der Waals surface area contributed by atoms with Gasteiger partial charge >= 0.3 is 6.61 Å². The number of carbonyl (C=O) groups is 1. The Morgan fingerprint density at radius 3 is 2.47 bits per heavy atom. The number of rotatable bonds is 11. The number of halogens is 2. The highest BCUT2D eigenvalue weighted by molar-refractivity contribution is 7.89. The Morgan fingerprint density at radius 2 is 1.84 bits per heavy atom. The number of nitrogens with zero attached hydrogens (tertiary/aromatic N) is 1. The van der Waals surface area contributed by atoms with E-state index in [1.165, 1.54) is 49.5 Å². The third-order valence-corrected chi connectivity index (χ3v) is 6.02. The van der Waals surface area contributed by atoms with Gasteiger partial charge in [0.1, 0.15) is 0 Å². The Hall–Kier alpha value is -2.76. The molecule has 32 heavy (non-hydrogen) atoms. The first-order valence-corrected chi connectivity index (χ1v) is 11.0. The van der Waals surface area contributed by atoms with Gasteiger partial charge in [-0.05, 0) is 42.3 Å². The van der Waals surface area contributed by atoms with Gasteiger partial charge in [-0.3, -0.25) is 4.79 Å². The van der Waals surface area contributed by atoms with Gasteiger partial charge in [-0.15, -0.1) is 0 Å². The van der Waals surface area contributed by atoms with E-state index >= 15 is 0 Å². The molecule has 1 amide bonds. The van der Waals surface area contributed by atoms with Gasteiger partial charge < -0.3 is 19.1 Å². The van der Waals surface area contributed by atoms with Crippen LogP contribution in [-0.4, -0.2) is 60.3 Å². The van der Waals surface area contributed by atoms with Crippen LogP contribution >= 0.6 is 0 Å². The lowest BCUT2D eigenvalue weighted by Gasteiger charge is -2.20. The molecule has 8 nitrogen and oxygen atoms in total. The molecule has 0 aromatic heterocycles. The number of hydrogen-bond acceptors (Lipinski definition) is 6. The second-order valence-corrected chi connectivity index (χ2v) is 8.66. The normalized spacial score (nSPS) is 11.5. The van der Waals surface area contributed by atoms with Crippen LogP contribution in [0.15, 0.2) is 41.3 Å². The Labute approximate surface area is 186 Å². The average Bonchev–Trinajstić information content (AvgIpc) is 2.74. The van der Waals surface area contributed by atoms with Gasteiger partial charge in [0, 0.05) is 32.8 Å². The maximum Gasteiger partial charge on any atom is 0.387 e. The maximum atomic E-state index is 13.0. The topological polar surface area (TPSA) is 94.2 Å². The number of amides is 1. The lowest BCUT2D eigenvalue weighted by Crippen LogP contribution is -2.29. The predicted octanol–water partition coefficient (Wildman–Crippen LogP) is 2.80. The second-order valence-electron chi connectivity index (χ2n) is 6.89. The van der Waals surface area contributed by atoms with Gasteiger partial charge in [-0.25, -0.2) is 13.1 Å². The number of sulfonamides is 1. The standard InChI is InChI=1S/C21H26F2N2O6S/c1-14-5-7-16(32(27,28)24-9-10-29-3)12-17(14)20(26)25(2)13-15-6-8-18(31-21(22)23)19(11-15)30-4/h5-8,11-12,21,24H,9-10,13H2,1-4H3. The van der Waals surface area contributed by atoms with E-state index in [0.717, 1.165) is 0 Å². The van der Waals surface area contributed by atoms with E-state index in [4.69, 9.17) is 9.47 Å². The first-order chi connectivity index (χ1) is 15.1. The van der Waals surface area contributed by atoms with Crippen LogP contribution in [0.5, 0.6) is 11.5 Å². The predicted molar refractivity (Wildman–Crippen MR) is 114 cm³/mol. The van der Waals surface area contributed by atoms with E-state index in [9.17, 15) is 22.0 Å². The summed E-state index contributed by atoms with van der Waals surface area (Å²) in [6.45, 7) is -0.843. The molecular formula is C21H26F2N2O6S. The number of alkyl halides is 2. The fraction of sp³-hybridized carbons (Fsp3) is 0.381. The SMILES string of the molecule is COCCNS(=O)(=O)c1ccc(C)c(C(=O)N(C)Cc2ccc(OC(F)F)c(OC)c2)c1. The molecule has 11 heteroatoms. The van der Waals surface area contributed by atoms with E-state index < -0.39 is 22.5 Å². The summed E-state index contributed by atoms with van der Waals surface area (Å²) in [7, 11) is 0.527. The van der Waals surface area contributed by atoms with Gasteiger partial charge in [0.25, 0.3) is 5.91 Å². The third kappa shape index (κ3) is 6.62. The Balaban J connectivity index is 2.22. The summed E-state index contributed by atoms with van der Waals surface area (Å²) in [5, 5.41) is 0. The summed E-state index contributed by atoms with van der Waals surface area (Å²) in [5.74, 6) is -0.409. The van der Waals surface area contributed by atoms with Crippen LogP contribution in [0.25, 0.3) is 0 Å². The molecule has 0 saturated heterocycles. The van der Waals surface area contributed by atoms with Crippen LogP contribution in [0.2, 0.25) is 0 Å². The molecule has 2 aromatic carbocycles. The number of carbonyl (C=O) groups excluding carboxylic acids is 1. The number of benzene rings is 2. The fourth-order valence-electron chi connectivity index (χ4n) is 2.92. The smallest absolute Gasteiger partial charge is 0.387 e. The minimum Gasteiger partial charge on any atom is -0.493 e. The van der Waals surface area contributed by atoms with Crippen molar-refractivity contribution in [1.82, 2.24) is 9.62 Å². The van der Waals surface area contributed by atoms with E-state index in [1.807, 2.05) is 0 Å². The van der Waals surface area contributed by atoms with Crippen LogP contribution in [-0.2, 0) is 21.3 Å². The Morgan fingerprint density at radius 1 is 1.12 bits per heavy atom. The summed E-state index contributed by atoms with van der Waals surface area (Å²) in [4.78, 5) is 14.4. The number of aryl methyl sites for hydroxylation is 1. The average molecular weight is 473 g/mol. The van der Waals surface area contributed by atoms with Crippen molar-refractivity contribution in [2.75, 3.05) is 34.4 Å². The van der Waals surface area contributed by atoms with Crippen LogP contribution in [0.1, 0.15) is 21.5 Å². The van der Waals surface area contributed by atoms with Crippen LogP contribution in [0, 0.1) is 6.92 Å². The number of hydrogen-bond donors (Lipinski definition) is 1. The molecule has 0 aliphatic heterocycles. The first kappa shape index (κ1) is 25.5. The Bertz CT molecular complexity index is 1050. The third-order valence-electron chi connectivity index (χ3n) is 4.56. The monoisotopic (exact) mass is 472 g/mol. The van der Waals surface area contributed by atoms with Crippen molar-refractivity contribution >= 4 is 15.9 Å². The van der Waals surface area contributed by atoms with E-state index in [-0.39, 0.29) is 41.7 Å². The summed E-state index contributed by atoms with van der Waals surface area (Å²) >= 11 is 0. The second kappa shape index (κ2) is 11.2. The maximum absolute atomic E-state index is 13.0. The van der Waals surface area contributed by atoms with Crippen molar-refractivity contribution in [3.8, 4) is 11.5 Å². The van der Waals surface area contributed by atoms with Gasteiger partial charge in [0.2, 0.25) is 10.0 Å². The van der Waals surface area contributed by atoms with E-state index in [2.05, 4.69) is 9.46 Å². The summed E-state index contributed by atoms with van der Waals surface area (Å²) < 4.78 is 66.7. The molecule has 176 valence electrons. The molecule has 0 heterocycles. The molecule has 0 unspecified atom stereocenters. The zero-order valence-corrected chi connectivity index (χ0v) is 19.0. The van der Waals surface area contributed by atoms with Crippen LogP contribution in [0.3, 0.4) is 0 Å². The zero-order valence-electron chi connectivity index (χ0n) is 18.2. The summed E-state index contributed by atoms with van der Waals surface area (Å²) in [6.07, 6.45) is 0. The van der Waals surface area contributed by atoms with Crippen molar-refractivity contribution in [3.05, 3.63) is 53.1 Å². The van der Waals surface area contributed by atoms with Crippen molar-refractivity contribution in [1.29, 1.82) is 0 Å². The fourth-order valence-corrected chi connectivity index (χ4v) is 3.95. The van der Waals surface area contributed by atoms with Gasteiger partial charge in [-0.2, -0.15) is 8.78 Å². The van der Waals surface area contributed by atoms with Gasteiger partial charge in [0.15, 0.2) is 11.5 Å². The molecule has 0 bridgehead atoms. The largest absolute Gasteiger partial charge is 0.493 e. The molecule has 0 aliphatic carbocycles. The summed E-state index contributed by atoms with van der Waals surface area (Å²) in [5.41, 5.74) is 1.45. The lowest BCUT2D eigenvalue weighted by atomic mass is 10.1. The summed E-state index contributed by atoms with van der Waals surface area (Å²) in [6, 6.07) is 8.68. The molecule has 2 rings (SSSR count). The van der Waals surface area contributed by atoms with E-state index in [1.54, 1.807) is 20.0 Å². The minimum absolute atomic E-state index is 0.0360. The number of nitrogens with one attached hydrogen (secondary N) is 1. The van der Waals surface area contributed by atoms with E-state index in [0.29, 0.717) is 11.1 Å². The van der Waals surface area contributed by atoms with Crippen molar-refractivity contribution in [2.45, 2.75) is 25.0 Å². The first-order valence-electron chi connectivity index (χ1n) is 9.55. The molecule has 2 aromatic rings. The quantitative estimate of drug-likeness (QED) is 0.506. The van der Waals surface area contributed by atoms with Crippen molar-refractivity contribution in [2.24, 2.45) is 0 Å². The molecule has 0 spiro atoms. The lowest BCUT2D eigenvalue weighted by molar-refractivity contribution is -0.0512.